The highest BCUT2D eigenvalue weighted by atomic mass is 16.4. The number of nitrogens with zero attached hydrogens (tertiary/aromatic N) is 2. The molecule has 1 aromatic heterocycles. The number of aromatic nitrogens is 1. The Hall–Kier alpha value is -2.83. The minimum Gasteiger partial charge on any atom is -0.480 e. The summed E-state index contributed by atoms with van der Waals surface area (Å²) >= 11 is 0. The standard InChI is InChI=1S/C15H17N3O4/c1-16-13(19)8-18-6-5-10-7-11(17(2)9-14(20)21)3-4-12(10)15(18)22/h3-7H,8-9H2,1-2H3,(H,16,19)(H,20,21). The van der Waals surface area contributed by atoms with E-state index in [1.54, 1.807) is 42.4 Å². The number of aliphatic carboxylic acids is 1. The first-order valence-electron chi connectivity index (χ1n) is 6.69. The van der Waals surface area contributed by atoms with Gasteiger partial charge in [0.2, 0.25) is 5.91 Å². The van der Waals surface area contributed by atoms with Gasteiger partial charge in [0.15, 0.2) is 0 Å². The van der Waals surface area contributed by atoms with Gasteiger partial charge in [0, 0.05) is 31.4 Å². The van der Waals surface area contributed by atoms with Gasteiger partial charge >= 0.3 is 5.97 Å². The first-order valence-corrected chi connectivity index (χ1v) is 6.69. The van der Waals surface area contributed by atoms with E-state index in [4.69, 9.17) is 5.11 Å². The number of carboxylic acids is 1. The maximum atomic E-state index is 12.3. The van der Waals surface area contributed by atoms with Crippen molar-refractivity contribution in [2.75, 3.05) is 25.5 Å². The zero-order chi connectivity index (χ0) is 16.3. The third-order valence-corrected chi connectivity index (χ3v) is 3.37. The SMILES string of the molecule is CNC(=O)Cn1ccc2cc(N(C)CC(=O)O)ccc2c1=O. The fraction of sp³-hybridized carbons (Fsp3) is 0.267. The van der Waals surface area contributed by atoms with Crippen LogP contribution >= 0.6 is 0 Å². The summed E-state index contributed by atoms with van der Waals surface area (Å²) in [7, 11) is 3.18. The van der Waals surface area contributed by atoms with Gasteiger partial charge in [0.25, 0.3) is 5.56 Å². The van der Waals surface area contributed by atoms with Crippen molar-refractivity contribution in [1.82, 2.24) is 9.88 Å². The van der Waals surface area contributed by atoms with Gasteiger partial charge in [0.1, 0.15) is 13.1 Å². The molecular formula is C15H17N3O4. The minimum absolute atomic E-state index is 0.0358. The molecule has 0 spiro atoms. The number of rotatable bonds is 5. The highest BCUT2D eigenvalue weighted by Gasteiger charge is 2.09. The fourth-order valence-corrected chi connectivity index (χ4v) is 2.17. The molecule has 7 nitrogen and oxygen atoms in total. The zero-order valence-electron chi connectivity index (χ0n) is 12.4. The molecule has 1 amide bonds. The van der Waals surface area contributed by atoms with Crippen molar-refractivity contribution in [2.45, 2.75) is 6.54 Å². The Bertz CT molecular complexity index is 782. The van der Waals surface area contributed by atoms with Crippen molar-refractivity contribution >= 4 is 28.3 Å². The minimum atomic E-state index is -0.927. The molecule has 0 aliphatic carbocycles. The number of hydrogen-bond donors (Lipinski definition) is 2. The average Bonchev–Trinajstić information content (AvgIpc) is 2.48. The number of pyridine rings is 1. The first kappa shape index (κ1) is 15.6. The molecule has 0 aliphatic heterocycles. The predicted octanol–water partition coefficient (Wildman–Crippen LogP) is 0.268. The number of likely N-dealkylation sites (N-methyl/N-ethyl adjacent to an activating group) is 2. The molecule has 2 N–H and O–H groups in total. The van der Waals surface area contributed by atoms with E-state index in [-0.39, 0.29) is 24.6 Å². The van der Waals surface area contributed by atoms with Crippen molar-refractivity contribution in [1.29, 1.82) is 0 Å². The smallest absolute Gasteiger partial charge is 0.323 e. The second-order valence-electron chi connectivity index (χ2n) is 4.94. The summed E-state index contributed by atoms with van der Waals surface area (Å²) < 4.78 is 1.34. The van der Waals surface area contributed by atoms with Crippen LogP contribution in [0.2, 0.25) is 0 Å². The number of anilines is 1. The molecule has 2 aromatic rings. The number of nitrogens with one attached hydrogen (secondary N) is 1. The van der Waals surface area contributed by atoms with Crippen LogP contribution in [0.1, 0.15) is 0 Å². The summed E-state index contributed by atoms with van der Waals surface area (Å²) in [4.78, 5) is 36.0. The number of carbonyl (C=O) groups excluding carboxylic acids is 1. The molecule has 0 aliphatic rings. The quantitative estimate of drug-likeness (QED) is 0.827. The van der Waals surface area contributed by atoms with Crippen LogP contribution in [0.4, 0.5) is 5.69 Å². The number of carbonyl (C=O) groups is 2. The maximum absolute atomic E-state index is 12.3. The summed E-state index contributed by atoms with van der Waals surface area (Å²) in [6, 6.07) is 6.82. The Morgan fingerprint density at radius 3 is 2.68 bits per heavy atom. The van der Waals surface area contributed by atoms with Crippen LogP contribution in [0.3, 0.4) is 0 Å². The van der Waals surface area contributed by atoms with Gasteiger partial charge in [-0.3, -0.25) is 14.4 Å². The summed E-state index contributed by atoms with van der Waals surface area (Å²) in [5, 5.41) is 12.5. The number of fused-ring (bicyclic) bond motifs is 1. The zero-order valence-corrected chi connectivity index (χ0v) is 12.4. The molecule has 0 fully saturated rings. The van der Waals surface area contributed by atoms with Crippen LogP contribution in [-0.2, 0) is 16.1 Å². The van der Waals surface area contributed by atoms with E-state index < -0.39 is 5.97 Å². The molecule has 0 saturated heterocycles. The lowest BCUT2D eigenvalue weighted by Gasteiger charge is -2.17. The number of hydrogen-bond acceptors (Lipinski definition) is 4. The van der Waals surface area contributed by atoms with Crippen LogP contribution in [0.5, 0.6) is 0 Å². The molecule has 7 heteroatoms. The Morgan fingerprint density at radius 2 is 2.05 bits per heavy atom. The van der Waals surface area contributed by atoms with E-state index in [1.807, 2.05) is 0 Å². The third kappa shape index (κ3) is 3.25. The number of benzene rings is 1. The highest BCUT2D eigenvalue weighted by Crippen LogP contribution is 2.19. The van der Waals surface area contributed by atoms with Gasteiger partial charge in [-0.15, -0.1) is 0 Å². The molecule has 0 atom stereocenters. The number of carboxylic acid groups (broad SMARTS) is 1. The van der Waals surface area contributed by atoms with Crippen LogP contribution in [-0.4, -0.2) is 42.2 Å². The Kier molecular flexibility index (Phi) is 4.45. The summed E-state index contributed by atoms with van der Waals surface area (Å²) in [6.45, 7) is -0.162. The van der Waals surface area contributed by atoms with Crippen LogP contribution in [0, 0.1) is 0 Å². The largest absolute Gasteiger partial charge is 0.480 e. The van der Waals surface area contributed by atoms with Gasteiger partial charge in [-0.05, 0) is 29.7 Å². The average molecular weight is 303 g/mol. The highest BCUT2D eigenvalue weighted by molar-refractivity contribution is 5.86. The van der Waals surface area contributed by atoms with Crippen molar-refractivity contribution < 1.29 is 14.7 Å². The first-order chi connectivity index (χ1) is 10.4. The van der Waals surface area contributed by atoms with Gasteiger partial charge in [0.05, 0.1) is 0 Å². The summed E-state index contributed by atoms with van der Waals surface area (Å²) in [5.41, 5.74) is 0.451. The molecule has 2 rings (SSSR count). The molecule has 0 bridgehead atoms. The molecule has 1 aromatic carbocycles. The monoisotopic (exact) mass is 303 g/mol. The van der Waals surface area contributed by atoms with E-state index in [9.17, 15) is 14.4 Å². The summed E-state index contributed by atoms with van der Waals surface area (Å²) in [6.07, 6.45) is 1.56. The lowest BCUT2D eigenvalue weighted by molar-refractivity contribution is -0.135. The van der Waals surface area contributed by atoms with Gasteiger partial charge < -0.3 is 19.9 Å². The Morgan fingerprint density at radius 1 is 1.32 bits per heavy atom. The van der Waals surface area contributed by atoms with E-state index in [1.165, 1.54) is 11.6 Å². The van der Waals surface area contributed by atoms with Crippen LogP contribution in [0.25, 0.3) is 10.8 Å². The molecule has 1 heterocycles. The second kappa shape index (κ2) is 6.30. The van der Waals surface area contributed by atoms with E-state index in [2.05, 4.69) is 5.32 Å². The van der Waals surface area contributed by atoms with Gasteiger partial charge in [-0.1, -0.05) is 0 Å². The molecular weight excluding hydrogens is 286 g/mol. The van der Waals surface area contributed by atoms with Crippen LogP contribution < -0.4 is 15.8 Å². The normalized spacial score (nSPS) is 10.5. The summed E-state index contributed by atoms with van der Waals surface area (Å²) in [5.74, 6) is -1.18. The van der Waals surface area contributed by atoms with Crippen molar-refractivity contribution in [2.24, 2.45) is 0 Å². The fourth-order valence-electron chi connectivity index (χ4n) is 2.17. The Labute approximate surface area is 126 Å². The van der Waals surface area contributed by atoms with Crippen molar-refractivity contribution in [3.63, 3.8) is 0 Å². The van der Waals surface area contributed by atoms with Crippen molar-refractivity contribution in [3.8, 4) is 0 Å². The molecule has 22 heavy (non-hydrogen) atoms. The van der Waals surface area contributed by atoms with Crippen LogP contribution in [0.15, 0.2) is 35.3 Å². The molecule has 0 unspecified atom stereocenters. The van der Waals surface area contributed by atoms with E-state index in [0.29, 0.717) is 16.5 Å². The second-order valence-corrected chi connectivity index (χ2v) is 4.94. The molecule has 116 valence electrons. The van der Waals surface area contributed by atoms with Gasteiger partial charge in [-0.2, -0.15) is 0 Å². The Balaban J connectivity index is 2.40. The van der Waals surface area contributed by atoms with E-state index >= 15 is 0 Å². The lowest BCUT2D eigenvalue weighted by atomic mass is 10.1. The predicted molar refractivity (Wildman–Crippen MR) is 83.2 cm³/mol. The topological polar surface area (TPSA) is 91.6 Å². The van der Waals surface area contributed by atoms with E-state index in [0.717, 1.165) is 0 Å². The molecule has 0 radical (unpaired) electrons. The van der Waals surface area contributed by atoms with Crippen molar-refractivity contribution in [3.05, 3.63) is 40.8 Å². The molecule has 0 saturated carbocycles. The van der Waals surface area contributed by atoms with Gasteiger partial charge in [-0.25, -0.2) is 0 Å². The third-order valence-electron chi connectivity index (χ3n) is 3.37. The maximum Gasteiger partial charge on any atom is 0.323 e. The lowest BCUT2D eigenvalue weighted by Crippen LogP contribution is -2.30. The number of amides is 1.